The van der Waals surface area contributed by atoms with Crippen molar-refractivity contribution in [2.75, 3.05) is 38.4 Å². The maximum atomic E-state index is 13.7. The first kappa shape index (κ1) is 32.1. The number of benzene rings is 3. The van der Waals surface area contributed by atoms with Crippen LogP contribution in [0.1, 0.15) is 42.0 Å². The van der Waals surface area contributed by atoms with E-state index < -0.39 is 17.4 Å². The van der Waals surface area contributed by atoms with Crippen molar-refractivity contribution in [1.82, 2.24) is 5.48 Å². The molecule has 0 unspecified atom stereocenters. The third kappa shape index (κ3) is 9.54. The van der Waals surface area contributed by atoms with Gasteiger partial charge < -0.3 is 25.4 Å². The summed E-state index contributed by atoms with van der Waals surface area (Å²) in [6.07, 6.45) is -4.67. The smallest absolute Gasteiger partial charge is 0.418 e. The molecule has 3 aromatic rings. The molecule has 7 nitrogen and oxygen atoms in total. The van der Waals surface area contributed by atoms with Gasteiger partial charge in [-0.15, -0.1) is 0 Å². The average molecular weight is 567 g/mol. The fraction of sp³-hybridized carbons (Fsp3) is 0.357. The minimum atomic E-state index is -4.67. The zero-order valence-electron chi connectivity index (χ0n) is 22.8. The molecule has 0 aliphatic rings. The zero-order valence-corrected chi connectivity index (χ0v) is 23.6. The fourth-order valence-corrected chi connectivity index (χ4v) is 3.99. The van der Waals surface area contributed by atoms with Crippen LogP contribution in [0.2, 0.25) is 0 Å². The number of ether oxygens (including phenoxy) is 2. The highest BCUT2D eigenvalue weighted by Crippen LogP contribution is 2.44. The van der Waals surface area contributed by atoms with E-state index in [0.29, 0.717) is 23.2 Å². The van der Waals surface area contributed by atoms with Gasteiger partial charge in [0.1, 0.15) is 11.4 Å². The molecule has 0 spiro atoms. The second kappa shape index (κ2) is 15.5. The summed E-state index contributed by atoms with van der Waals surface area (Å²) in [5.74, 6) is 1.23. The number of anilines is 2. The van der Waals surface area contributed by atoms with Gasteiger partial charge in [0.05, 0.1) is 36.4 Å². The lowest BCUT2D eigenvalue weighted by atomic mass is 10.0. The third-order valence-electron chi connectivity index (χ3n) is 5.69. The van der Waals surface area contributed by atoms with Gasteiger partial charge in [-0.1, -0.05) is 55.8 Å². The molecule has 0 aromatic heterocycles. The van der Waals surface area contributed by atoms with Crippen molar-refractivity contribution in [3.63, 3.8) is 0 Å². The molecule has 0 radical (unpaired) electrons. The van der Waals surface area contributed by atoms with E-state index in [1.807, 2.05) is 0 Å². The summed E-state index contributed by atoms with van der Waals surface area (Å²) in [4.78, 5) is 6.02. The number of hydrogen-bond donors (Lipinski definition) is 4. The van der Waals surface area contributed by atoms with Crippen molar-refractivity contribution in [3.05, 3.63) is 76.9 Å². The topological polar surface area (TPSA) is 104 Å². The van der Waals surface area contributed by atoms with Crippen LogP contribution in [0.4, 0.5) is 24.5 Å². The van der Waals surface area contributed by atoms with Gasteiger partial charge in [0.2, 0.25) is 0 Å². The lowest BCUT2D eigenvalue weighted by molar-refractivity contribution is -0.137. The van der Waals surface area contributed by atoms with Crippen LogP contribution in [0.5, 0.6) is 11.5 Å². The van der Waals surface area contributed by atoms with Crippen LogP contribution in [-0.2, 0) is 17.5 Å². The minimum absolute atomic E-state index is 0.0615. The second-order valence-corrected chi connectivity index (χ2v) is 9.55. The highest BCUT2D eigenvalue weighted by molar-refractivity contribution is 7.97. The Morgan fingerprint density at radius 2 is 1.67 bits per heavy atom. The summed E-state index contributed by atoms with van der Waals surface area (Å²) in [6.45, 7) is 6.83. The summed E-state index contributed by atoms with van der Waals surface area (Å²) >= 11 is 0.965. The number of nitrogen functional groups attached to an aromatic ring is 1. The quantitative estimate of drug-likeness (QED) is 0.0900. The number of methoxy groups -OCH3 is 2. The Labute approximate surface area is 232 Å². The van der Waals surface area contributed by atoms with Gasteiger partial charge in [-0.25, -0.2) is 0 Å². The Balaban J connectivity index is 0.000000446. The van der Waals surface area contributed by atoms with Gasteiger partial charge in [-0.05, 0) is 54.1 Å². The van der Waals surface area contributed by atoms with E-state index in [1.54, 1.807) is 24.3 Å². The molecule has 3 rings (SSSR count). The molecule has 0 saturated heterocycles. The lowest BCUT2D eigenvalue weighted by Crippen LogP contribution is -2.23. The normalized spacial score (nSPS) is 11.1. The molecule has 0 bridgehead atoms. The molecule has 39 heavy (non-hydrogen) atoms. The Morgan fingerprint density at radius 1 is 1.00 bits per heavy atom. The predicted molar refractivity (Wildman–Crippen MR) is 152 cm³/mol. The number of aryl methyl sites for hydroxylation is 1. The molecule has 0 atom stereocenters. The molecule has 0 heterocycles. The number of nitrogens with one attached hydrogen (secondary N) is 2. The molecule has 3 aromatic carbocycles. The molecule has 11 heteroatoms. The lowest BCUT2D eigenvalue weighted by Gasteiger charge is -2.22. The predicted octanol–water partition coefficient (Wildman–Crippen LogP) is 6.52. The van der Waals surface area contributed by atoms with Crippen LogP contribution in [-0.4, -0.2) is 27.4 Å². The molecule has 214 valence electrons. The van der Waals surface area contributed by atoms with Crippen molar-refractivity contribution < 1.29 is 27.5 Å². The molecule has 0 amide bonds. The van der Waals surface area contributed by atoms with Crippen molar-refractivity contribution in [2.45, 2.75) is 44.3 Å². The fourth-order valence-electron chi connectivity index (χ4n) is 3.60. The van der Waals surface area contributed by atoms with E-state index in [4.69, 9.17) is 25.2 Å². The summed E-state index contributed by atoms with van der Waals surface area (Å²) in [6, 6.07) is 16.8. The number of alkyl halides is 3. The standard InChI is InChI=1S/C18H23F3N4O3S.C10H14/c1-26-8-7-24-17-13(27-2)9-11(15(16(17)22)18(19,20)21)10-25-28-12-5-3-4-6-14(12)29-23;1-8(2)10-6-4-9(3)5-7-10/h3-6,9,24-25H,7-8,10,22-23H2,1-2H3;4-8H,1-3H3. The number of halogens is 3. The first-order chi connectivity index (χ1) is 18.5. The minimum Gasteiger partial charge on any atom is -0.494 e. The number of para-hydroxylation sites is 1. The van der Waals surface area contributed by atoms with E-state index in [9.17, 15) is 13.2 Å². The van der Waals surface area contributed by atoms with Crippen molar-refractivity contribution in [3.8, 4) is 11.5 Å². The number of hydroxylamine groups is 1. The SMILES string of the molecule is COCCNc1c(OC)cc(CNOc2ccccc2SN)c(C(F)(F)F)c1N.Cc1ccc(C(C)C)cc1. The highest BCUT2D eigenvalue weighted by Gasteiger charge is 2.38. The molecule has 0 aliphatic heterocycles. The Hall–Kier alpha value is -3.12. The maximum absolute atomic E-state index is 13.7. The van der Waals surface area contributed by atoms with Gasteiger partial charge in [0.25, 0.3) is 0 Å². The van der Waals surface area contributed by atoms with Gasteiger partial charge in [-0.3, -0.25) is 5.14 Å². The molecule has 6 N–H and O–H groups in total. The Bertz CT molecular complexity index is 1180. The van der Waals surface area contributed by atoms with Crippen molar-refractivity contribution in [1.29, 1.82) is 0 Å². The monoisotopic (exact) mass is 566 g/mol. The first-order valence-corrected chi connectivity index (χ1v) is 13.1. The largest absolute Gasteiger partial charge is 0.494 e. The van der Waals surface area contributed by atoms with Gasteiger partial charge in [-0.2, -0.15) is 18.7 Å². The molecule has 0 saturated carbocycles. The van der Waals surface area contributed by atoms with Gasteiger partial charge in [0.15, 0.2) is 5.75 Å². The van der Waals surface area contributed by atoms with E-state index in [2.05, 4.69) is 55.8 Å². The molecular formula is C28H37F3N4O3S. The molecule has 0 fully saturated rings. The third-order valence-corrected chi connectivity index (χ3v) is 6.28. The Kier molecular flexibility index (Phi) is 12.7. The summed E-state index contributed by atoms with van der Waals surface area (Å²) in [5.41, 5.74) is 9.68. The average Bonchev–Trinajstić information content (AvgIpc) is 2.89. The summed E-state index contributed by atoms with van der Waals surface area (Å²) in [7, 11) is 2.84. The van der Waals surface area contributed by atoms with Crippen LogP contribution in [0, 0.1) is 6.92 Å². The van der Waals surface area contributed by atoms with Gasteiger partial charge in [0, 0.05) is 13.7 Å². The van der Waals surface area contributed by atoms with Crippen LogP contribution < -0.4 is 31.2 Å². The second-order valence-electron chi connectivity index (χ2n) is 8.87. The van der Waals surface area contributed by atoms with E-state index in [1.165, 1.54) is 31.4 Å². The number of hydrogen-bond acceptors (Lipinski definition) is 8. The Morgan fingerprint density at radius 3 is 2.23 bits per heavy atom. The maximum Gasteiger partial charge on any atom is 0.418 e. The number of rotatable bonds is 11. The first-order valence-electron chi connectivity index (χ1n) is 12.2. The van der Waals surface area contributed by atoms with Crippen LogP contribution in [0.3, 0.4) is 0 Å². The van der Waals surface area contributed by atoms with E-state index in [0.717, 1.165) is 11.9 Å². The molecular weight excluding hydrogens is 529 g/mol. The summed E-state index contributed by atoms with van der Waals surface area (Å²) < 4.78 is 51.3. The summed E-state index contributed by atoms with van der Waals surface area (Å²) in [5, 5.41) is 8.38. The van der Waals surface area contributed by atoms with Gasteiger partial charge >= 0.3 is 6.18 Å². The number of nitrogens with two attached hydrogens (primary N) is 2. The van der Waals surface area contributed by atoms with Crippen LogP contribution in [0.15, 0.2) is 59.5 Å². The van der Waals surface area contributed by atoms with E-state index in [-0.39, 0.29) is 30.1 Å². The van der Waals surface area contributed by atoms with Crippen LogP contribution >= 0.6 is 11.9 Å². The highest BCUT2D eigenvalue weighted by atomic mass is 32.2. The van der Waals surface area contributed by atoms with Crippen molar-refractivity contribution in [2.24, 2.45) is 5.14 Å². The van der Waals surface area contributed by atoms with Crippen LogP contribution in [0.25, 0.3) is 0 Å². The van der Waals surface area contributed by atoms with Crippen molar-refractivity contribution >= 4 is 23.3 Å². The molecule has 0 aliphatic carbocycles. The van der Waals surface area contributed by atoms with E-state index >= 15 is 0 Å². The zero-order chi connectivity index (χ0) is 29.0.